The molecule has 0 aliphatic rings. The van der Waals surface area contributed by atoms with Crippen LogP contribution in [0.2, 0.25) is 0 Å². The van der Waals surface area contributed by atoms with Crippen LogP contribution in [-0.2, 0) is 0 Å². The van der Waals surface area contributed by atoms with Crippen molar-refractivity contribution in [3.05, 3.63) is 0 Å². The zero-order valence-electron chi connectivity index (χ0n) is 5.68. The summed E-state index contributed by atoms with van der Waals surface area (Å²) < 4.78 is 7.63. The maximum Gasteiger partial charge on any atom is 0.0678 e. The normalized spacial score (nSPS) is 17.1. The Morgan fingerprint density at radius 2 is 1.44 bits per heavy atom. The lowest BCUT2D eigenvalue weighted by Crippen LogP contribution is -1.31. The van der Waals surface area contributed by atoms with Crippen LogP contribution in [0.5, 0.6) is 0 Å². The van der Waals surface area contributed by atoms with E-state index in [-0.39, 0.29) is 21.0 Å². The molecule has 0 spiro atoms. The summed E-state index contributed by atoms with van der Waals surface area (Å²) >= 11 is 0. The molecule has 0 N–H and O–H groups in total. The summed E-state index contributed by atoms with van der Waals surface area (Å²) in [6, 6.07) is 0. The van der Waals surface area contributed by atoms with E-state index < -0.39 is 7.90 Å². The van der Waals surface area contributed by atoms with Gasteiger partial charge in [-0.25, -0.2) is 0 Å². The standard InChI is InChI=1S/H11P9/c1-6-9(7(2)3)8(4)5/h6H,1-5H2/i6T. The van der Waals surface area contributed by atoms with Crippen molar-refractivity contribution in [3.63, 3.8) is 0 Å². The number of rotatable bonds is 3. The molecule has 0 aliphatic heterocycles. The Labute approximate surface area is 74.9 Å². The quantitative estimate of drug-likeness (QED) is 0.655. The second kappa shape index (κ2) is 7.29. The molecule has 0 aromatic heterocycles. The Morgan fingerprint density at radius 3 is 1.44 bits per heavy atom. The highest BCUT2D eigenvalue weighted by Crippen LogP contribution is 3.04. The summed E-state index contributed by atoms with van der Waals surface area (Å²) in [5.41, 5.74) is 0. The van der Waals surface area contributed by atoms with Gasteiger partial charge in [0.2, 0.25) is 0 Å². The summed E-state index contributed by atoms with van der Waals surface area (Å²) in [7, 11) is 13.5. The molecule has 0 saturated carbocycles. The monoisotopic (exact) mass is 292 g/mol. The molecule has 6 unspecified atom stereocenters. The molecule has 0 bridgehead atoms. The van der Waals surface area contributed by atoms with Crippen molar-refractivity contribution in [2.45, 2.75) is 0 Å². The van der Waals surface area contributed by atoms with Gasteiger partial charge >= 0.3 is 0 Å². The molecule has 0 rings (SSSR count). The summed E-state index contributed by atoms with van der Waals surface area (Å²) in [5.74, 6) is 0. The van der Waals surface area contributed by atoms with Gasteiger partial charge in [0.1, 0.15) is 0 Å². The molecule has 6 atom stereocenters. The second-order valence-electron chi connectivity index (χ2n) is 1.14. The minimum absolute atomic E-state index is 0.0370. The molecule has 0 radical (unpaired) electrons. The van der Waals surface area contributed by atoms with Gasteiger partial charge in [0.15, 0.2) is 0 Å². The van der Waals surface area contributed by atoms with Crippen molar-refractivity contribution in [2.75, 3.05) is 0 Å². The molecule has 0 aromatic rings. The molecule has 56 valence electrons. The third-order valence-corrected chi connectivity index (χ3v) is 41.8. The van der Waals surface area contributed by atoms with Crippen molar-refractivity contribution in [1.82, 2.24) is 0 Å². The fourth-order valence-corrected chi connectivity index (χ4v) is 58.0. The van der Waals surface area contributed by atoms with Gasteiger partial charge < -0.3 is 0 Å². The first-order valence-electron chi connectivity index (χ1n) is 2.34. The maximum atomic E-state index is 7.63. The van der Waals surface area contributed by atoms with Gasteiger partial charge in [-0.15, -0.1) is 44.6 Å². The third kappa shape index (κ3) is 6.01. The van der Waals surface area contributed by atoms with E-state index in [0.717, 1.165) is 0 Å². The van der Waals surface area contributed by atoms with Crippen molar-refractivity contribution < 1.29 is 0 Å². The summed E-state index contributed by atoms with van der Waals surface area (Å²) in [5, 5.41) is 0. The van der Waals surface area contributed by atoms with E-state index in [1.807, 2.05) is 0 Å². The Morgan fingerprint density at radius 1 is 1.11 bits per heavy atom. The Balaban J connectivity index is 3.98. The number of hydrogen-bond acceptors (Lipinski definition) is 0. The summed E-state index contributed by atoms with van der Waals surface area (Å²) in [6.45, 7) is -0.136. The molecule has 0 saturated heterocycles. The van der Waals surface area contributed by atoms with E-state index in [0.29, 0.717) is 0 Å². The predicted molar refractivity (Wildman–Crippen MR) is 77.6 cm³/mol. The first-order chi connectivity index (χ1) is 4.46. The molecule has 0 aliphatic carbocycles. The minimum Gasteiger partial charge on any atom is -0.109 e. The number of hydrogen-bond donors (Lipinski definition) is 0. The molecule has 0 aromatic carbocycles. The van der Waals surface area contributed by atoms with Crippen LogP contribution in [0.4, 0.5) is 0 Å². The van der Waals surface area contributed by atoms with Crippen LogP contribution in [0.25, 0.3) is 0 Å². The zero-order chi connectivity index (χ0) is 8.31. The molecule has 0 fully saturated rings. The average molecular weight is 292 g/mol. The third-order valence-electron chi connectivity index (χ3n) is 0.516. The smallest absolute Gasteiger partial charge is 0.0678 e. The van der Waals surface area contributed by atoms with Gasteiger partial charge in [-0.2, -0.15) is 0 Å². The highest BCUT2D eigenvalue weighted by Gasteiger charge is 2.14. The Bertz CT molecular complexity index is 65.7. The van der Waals surface area contributed by atoms with Crippen molar-refractivity contribution in [3.8, 4) is 0 Å². The maximum absolute atomic E-state index is 7.63. The van der Waals surface area contributed by atoms with E-state index in [2.05, 4.69) is 44.6 Å². The molecule has 0 heterocycles. The van der Waals surface area contributed by atoms with Gasteiger partial charge in [0.25, 0.3) is 0 Å². The first kappa shape index (κ1) is 10.9. The van der Waals surface area contributed by atoms with E-state index >= 15 is 0 Å². The Kier molecular flexibility index (Phi) is 8.87. The van der Waals surface area contributed by atoms with E-state index in [9.17, 15) is 0 Å². The van der Waals surface area contributed by atoms with Crippen LogP contribution < -0.4 is 0 Å². The van der Waals surface area contributed by atoms with E-state index in [1.165, 1.54) is 0 Å². The van der Waals surface area contributed by atoms with Gasteiger partial charge in [-0.05, 0) is 21.0 Å². The SMILES string of the molecule is [3H]P(P)P(P(P)P)P(P)P. The summed E-state index contributed by atoms with van der Waals surface area (Å²) in [4.78, 5) is 0. The highest BCUT2D eigenvalue weighted by atomic mass is 33.2. The average Bonchev–Trinajstić information content (AvgIpc) is 1.59. The van der Waals surface area contributed by atoms with Gasteiger partial charge in [-0.1, -0.05) is 7.90 Å². The van der Waals surface area contributed by atoms with Gasteiger partial charge in [0.05, 0.1) is 1.28 Å². The largest absolute Gasteiger partial charge is 0.109 e. The van der Waals surface area contributed by atoms with Gasteiger partial charge in [0, 0.05) is 0 Å². The first-order valence-corrected chi connectivity index (χ1v) is 17.0. The van der Waals surface area contributed by atoms with Crippen molar-refractivity contribution in [1.29, 1.82) is 1.28 Å². The lowest BCUT2D eigenvalue weighted by molar-refractivity contribution is 4.75. The van der Waals surface area contributed by atoms with Crippen LogP contribution in [0.15, 0.2) is 0 Å². The molecule has 9 heavy (non-hydrogen) atoms. The van der Waals surface area contributed by atoms with Crippen LogP contribution in [-0.4, -0.2) is 1.28 Å². The molecule has 0 nitrogen and oxygen atoms in total. The Hall–Kier alpha value is 3.87. The lowest BCUT2D eigenvalue weighted by atomic mass is 28.8. The zero-order valence-corrected chi connectivity index (χ0v) is 14.0. The molecular weight excluding hydrogens is 279 g/mol. The summed E-state index contributed by atoms with van der Waals surface area (Å²) in [6.07, 6.45) is 0. The molecule has 0 amide bonds. The van der Waals surface area contributed by atoms with Crippen molar-refractivity contribution in [2.24, 2.45) is 0 Å². The topological polar surface area (TPSA) is 0 Å². The predicted octanol–water partition coefficient (Wildman–Crippen LogP) is 4.81. The van der Waals surface area contributed by atoms with Gasteiger partial charge in [-0.3, -0.25) is 0 Å². The van der Waals surface area contributed by atoms with Crippen LogP contribution in [0.3, 0.4) is 0 Å². The fourth-order valence-electron chi connectivity index (χ4n) is 0.239. The van der Waals surface area contributed by atoms with E-state index in [1.54, 1.807) is 0 Å². The minimum atomic E-state index is -0.537. The molecular formula is H11P9. The molecule has 9 heteroatoms. The van der Waals surface area contributed by atoms with Crippen LogP contribution in [0.1, 0.15) is 0 Å². The van der Waals surface area contributed by atoms with E-state index in [4.69, 9.17) is 1.28 Å². The second-order valence-corrected chi connectivity index (χ2v) is 30.9. The lowest BCUT2D eigenvalue weighted by Gasteiger charge is -2.22. The van der Waals surface area contributed by atoms with Crippen LogP contribution in [0, 0.1) is 0 Å². The van der Waals surface area contributed by atoms with Crippen molar-refractivity contribution >= 4 is 73.5 Å². The fraction of sp³-hybridized carbons (Fsp3) is 0. The highest BCUT2D eigenvalue weighted by molar-refractivity contribution is 9.10. The van der Waals surface area contributed by atoms with Crippen LogP contribution >= 0.6 is 73.5 Å².